The first-order chi connectivity index (χ1) is 8.13. The molecule has 0 fully saturated rings. The highest BCUT2D eigenvalue weighted by molar-refractivity contribution is 7.11. The van der Waals surface area contributed by atoms with Crippen molar-refractivity contribution in [3.63, 3.8) is 0 Å². The Morgan fingerprint density at radius 3 is 2.82 bits per heavy atom. The van der Waals surface area contributed by atoms with Crippen molar-refractivity contribution in [2.24, 2.45) is 5.73 Å². The van der Waals surface area contributed by atoms with Gasteiger partial charge >= 0.3 is 0 Å². The molecule has 0 aliphatic rings. The Balaban J connectivity index is 2.40. The zero-order valence-electron chi connectivity index (χ0n) is 9.61. The SMILES string of the molecule is COc1cccc(C(N)c2cnc(C)s2)c1F. The first-order valence-corrected chi connectivity index (χ1v) is 5.95. The van der Waals surface area contributed by atoms with Crippen LogP contribution >= 0.6 is 11.3 Å². The lowest BCUT2D eigenvalue weighted by Gasteiger charge is -2.12. The molecule has 0 aliphatic carbocycles. The largest absolute Gasteiger partial charge is 0.494 e. The summed E-state index contributed by atoms with van der Waals surface area (Å²) in [5, 5.41) is 0.916. The van der Waals surface area contributed by atoms with Gasteiger partial charge in [0.05, 0.1) is 18.2 Å². The van der Waals surface area contributed by atoms with Crippen LogP contribution in [0.25, 0.3) is 0 Å². The maximum atomic E-state index is 14.0. The topological polar surface area (TPSA) is 48.1 Å². The molecule has 1 aromatic carbocycles. The molecule has 0 spiro atoms. The molecule has 1 heterocycles. The minimum atomic E-state index is -0.503. The number of hydrogen-bond donors (Lipinski definition) is 1. The number of thiazole rings is 1. The molecule has 0 radical (unpaired) electrons. The molecule has 0 amide bonds. The van der Waals surface area contributed by atoms with E-state index in [1.807, 2.05) is 6.92 Å². The van der Waals surface area contributed by atoms with Crippen LogP contribution in [0.1, 0.15) is 21.5 Å². The predicted molar refractivity (Wildman–Crippen MR) is 65.8 cm³/mol. The number of nitrogens with two attached hydrogens (primary N) is 1. The molecule has 0 aliphatic heterocycles. The summed E-state index contributed by atoms with van der Waals surface area (Å²) in [4.78, 5) is 4.96. The average Bonchev–Trinajstić information content (AvgIpc) is 2.75. The lowest BCUT2D eigenvalue weighted by Crippen LogP contribution is -2.12. The Hall–Kier alpha value is -1.46. The van der Waals surface area contributed by atoms with Crippen LogP contribution in [0, 0.1) is 12.7 Å². The monoisotopic (exact) mass is 252 g/mol. The summed E-state index contributed by atoms with van der Waals surface area (Å²) in [7, 11) is 1.44. The van der Waals surface area contributed by atoms with Crippen molar-refractivity contribution in [2.45, 2.75) is 13.0 Å². The van der Waals surface area contributed by atoms with E-state index in [2.05, 4.69) is 4.98 Å². The number of aromatic nitrogens is 1. The number of benzene rings is 1. The van der Waals surface area contributed by atoms with E-state index in [0.29, 0.717) is 5.56 Å². The molecule has 2 N–H and O–H groups in total. The van der Waals surface area contributed by atoms with Crippen LogP contribution in [0.3, 0.4) is 0 Å². The van der Waals surface area contributed by atoms with Gasteiger partial charge in [-0.1, -0.05) is 12.1 Å². The van der Waals surface area contributed by atoms with E-state index in [1.54, 1.807) is 24.4 Å². The molecule has 5 heteroatoms. The first kappa shape index (κ1) is 12.0. The van der Waals surface area contributed by atoms with Crippen molar-refractivity contribution >= 4 is 11.3 Å². The predicted octanol–water partition coefficient (Wildman–Crippen LogP) is 2.65. The number of aryl methyl sites for hydroxylation is 1. The van der Waals surface area contributed by atoms with Gasteiger partial charge in [-0.25, -0.2) is 9.37 Å². The van der Waals surface area contributed by atoms with Crippen LogP contribution in [0.15, 0.2) is 24.4 Å². The van der Waals surface area contributed by atoms with E-state index >= 15 is 0 Å². The third-order valence-corrected chi connectivity index (χ3v) is 3.49. The van der Waals surface area contributed by atoms with E-state index in [1.165, 1.54) is 18.4 Å². The second-order valence-electron chi connectivity index (χ2n) is 3.62. The maximum absolute atomic E-state index is 14.0. The molecule has 17 heavy (non-hydrogen) atoms. The normalized spacial score (nSPS) is 12.5. The Morgan fingerprint density at radius 2 is 2.24 bits per heavy atom. The van der Waals surface area contributed by atoms with E-state index in [9.17, 15) is 4.39 Å². The zero-order chi connectivity index (χ0) is 12.4. The van der Waals surface area contributed by atoms with E-state index in [-0.39, 0.29) is 5.75 Å². The van der Waals surface area contributed by atoms with Crippen molar-refractivity contribution < 1.29 is 9.13 Å². The Labute approximate surface area is 103 Å². The lowest BCUT2D eigenvalue weighted by molar-refractivity contribution is 0.383. The molecular formula is C12H13FN2OS. The van der Waals surface area contributed by atoms with E-state index in [4.69, 9.17) is 10.5 Å². The number of hydrogen-bond acceptors (Lipinski definition) is 4. The van der Waals surface area contributed by atoms with Gasteiger partial charge in [-0.3, -0.25) is 0 Å². The number of nitrogens with zero attached hydrogens (tertiary/aromatic N) is 1. The fourth-order valence-corrected chi connectivity index (χ4v) is 2.41. The van der Waals surface area contributed by atoms with Crippen LogP contribution in [-0.4, -0.2) is 12.1 Å². The van der Waals surface area contributed by atoms with Gasteiger partial charge in [-0.2, -0.15) is 0 Å². The van der Waals surface area contributed by atoms with Gasteiger partial charge in [0.25, 0.3) is 0 Å². The molecule has 0 saturated heterocycles. The first-order valence-electron chi connectivity index (χ1n) is 5.13. The second-order valence-corrected chi connectivity index (χ2v) is 4.89. The van der Waals surface area contributed by atoms with Crippen molar-refractivity contribution in [3.05, 3.63) is 45.7 Å². The molecule has 1 unspecified atom stereocenters. The van der Waals surface area contributed by atoms with Gasteiger partial charge in [-0.15, -0.1) is 11.3 Å². The quantitative estimate of drug-likeness (QED) is 0.913. The molecule has 90 valence electrons. The number of rotatable bonds is 3. The van der Waals surface area contributed by atoms with Crippen molar-refractivity contribution in [1.29, 1.82) is 0 Å². The highest BCUT2D eigenvalue weighted by Crippen LogP contribution is 2.30. The summed E-state index contributed by atoms with van der Waals surface area (Å²) in [6.45, 7) is 1.89. The summed E-state index contributed by atoms with van der Waals surface area (Å²) in [6.07, 6.45) is 1.68. The van der Waals surface area contributed by atoms with Crippen LogP contribution in [0.2, 0.25) is 0 Å². The summed E-state index contributed by atoms with van der Waals surface area (Å²) >= 11 is 1.47. The molecule has 1 atom stereocenters. The maximum Gasteiger partial charge on any atom is 0.170 e. The highest BCUT2D eigenvalue weighted by Gasteiger charge is 2.18. The molecular weight excluding hydrogens is 239 g/mol. The van der Waals surface area contributed by atoms with Gasteiger partial charge in [0.2, 0.25) is 0 Å². The van der Waals surface area contributed by atoms with Gasteiger partial charge in [-0.05, 0) is 13.0 Å². The minimum absolute atomic E-state index is 0.208. The fraction of sp³-hybridized carbons (Fsp3) is 0.250. The standard InChI is InChI=1S/C12H13FN2OS/c1-7-15-6-10(17-7)12(14)8-4-3-5-9(16-2)11(8)13/h3-6,12H,14H2,1-2H3. The zero-order valence-corrected chi connectivity index (χ0v) is 10.4. The number of ether oxygens (including phenoxy) is 1. The fourth-order valence-electron chi connectivity index (χ4n) is 1.60. The number of methoxy groups -OCH3 is 1. The highest BCUT2D eigenvalue weighted by atomic mass is 32.1. The Bertz CT molecular complexity index is 527. The van der Waals surface area contributed by atoms with Gasteiger partial charge in [0.15, 0.2) is 11.6 Å². The molecule has 0 saturated carbocycles. The molecule has 2 rings (SSSR count). The minimum Gasteiger partial charge on any atom is -0.494 e. The molecule has 1 aromatic heterocycles. The average molecular weight is 252 g/mol. The smallest absolute Gasteiger partial charge is 0.170 e. The molecule has 3 nitrogen and oxygen atoms in total. The lowest BCUT2D eigenvalue weighted by atomic mass is 10.1. The van der Waals surface area contributed by atoms with Crippen molar-refractivity contribution in [1.82, 2.24) is 4.98 Å². The van der Waals surface area contributed by atoms with E-state index in [0.717, 1.165) is 9.88 Å². The van der Waals surface area contributed by atoms with Crippen LogP contribution in [0.5, 0.6) is 5.75 Å². The van der Waals surface area contributed by atoms with E-state index < -0.39 is 11.9 Å². The van der Waals surface area contributed by atoms with Crippen molar-refractivity contribution in [3.8, 4) is 5.75 Å². The second kappa shape index (κ2) is 4.81. The molecule has 0 bridgehead atoms. The molecule has 2 aromatic rings. The number of halogens is 1. The van der Waals surface area contributed by atoms with Gasteiger partial charge in [0.1, 0.15) is 0 Å². The summed E-state index contributed by atoms with van der Waals surface area (Å²) in [5.74, 6) is -0.201. The van der Waals surface area contributed by atoms with Crippen LogP contribution in [-0.2, 0) is 0 Å². The summed E-state index contributed by atoms with van der Waals surface area (Å²) in [5.41, 5.74) is 6.45. The Kier molecular flexibility index (Phi) is 3.40. The third-order valence-electron chi connectivity index (χ3n) is 2.49. The van der Waals surface area contributed by atoms with Crippen LogP contribution in [0.4, 0.5) is 4.39 Å². The van der Waals surface area contributed by atoms with Gasteiger partial charge in [0, 0.05) is 16.6 Å². The van der Waals surface area contributed by atoms with Crippen LogP contribution < -0.4 is 10.5 Å². The van der Waals surface area contributed by atoms with Gasteiger partial charge < -0.3 is 10.5 Å². The summed E-state index contributed by atoms with van der Waals surface area (Å²) in [6, 6.07) is 4.46. The summed E-state index contributed by atoms with van der Waals surface area (Å²) < 4.78 is 18.9. The van der Waals surface area contributed by atoms with Crippen molar-refractivity contribution in [2.75, 3.05) is 7.11 Å². The Morgan fingerprint density at radius 1 is 1.47 bits per heavy atom. The third kappa shape index (κ3) is 2.30.